The lowest BCUT2D eigenvalue weighted by Gasteiger charge is -2.42. The van der Waals surface area contributed by atoms with Gasteiger partial charge in [-0.15, -0.1) is 0 Å². The van der Waals surface area contributed by atoms with Crippen LogP contribution in [0.15, 0.2) is 30.5 Å². The van der Waals surface area contributed by atoms with Crippen LogP contribution < -0.4 is 0 Å². The van der Waals surface area contributed by atoms with E-state index in [0.29, 0.717) is 19.8 Å². The Balaban J connectivity index is 1.73. The smallest absolute Gasteiger partial charge is 0.149 e. The molecule has 0 radical (unpaired) electrons. The Bertz CT molecular complexity index is 1120. The fraction of sp³-hybridized carbons (Fsp3) is 0.524. The molecule has 3 aromatic rings. The van der Waals surface area contributed by atoms with Gasteiger partial charge in [-0.25, -0.2) is 13.4 Å². The van der Waals surface area contributed by atoms with Gasteiger partial charge in [0.05, 0.1) is 41.7 Å². The van der Waals surface area contributed by atoms with Crippen molar-refractivity contribution in [3.8, 4) is 0 Å². The molecule has 2 aromatic heterocycles. The van der Waals surface area contributed by atoms with Crippen molar-refractivity contribution in [1.82, 2.24) is 14.5 Å². The summed E-state index contributed by atoms with van der Waals surface area (Å²) >= 11 is 0. The molecule has 1 saturated carbocycles. The second kappa shape index (κ2) is 8.01. The van der Waals surface area contributed by atoms with Gasteiger partial charge in [0.2, 0.25) is 0 Å². The van der Waals surface area contributed by atoms with Crippen LogP contribution in [0.2, 0.25) is 0 Å². The molecule has 29 heavy (non-hydrogen) atoms. The van der Waals surface area contributed by atoms with Crippen molar-refractivity contribution in [2.45, 2.75) is 44.9 Å². The number of nitrogens with zero attached hydrogens (tertiary/aromatic N) is 3. The van der Waals surface area contributed by atoms with Crippen LogP contribution >= 0.6 is 0 Å². The number of sulfone groups is 1. The fourth-order valence-electron chi connectivity index (χ4n) is 3.90. The first-order valence-corrected chi connectivity index (χ1v) is 12.1. The maximum absolute atomic E-state index is 11.5. The van der Waals surface area contributed by atoms with Crippen LogP contribution in [0.25, 0.3) is 21.9 Å². The van der Waals surface area contributed by atoms with Gasteiger partial charge < -0.3 is 14.0 Å². The first-order chi connectivity index (χ1) is 13.9. The minimum atomic E-state index is -3.05. The number of hydrogen-bond donors (Lipinski definition) is 0. The Labute approximate surface area is 171 Å². The lowest BCUT2D eigenvalue weighted by Crippen LogP contribution is -2.45. The highest BCUT2D eigenvalue weighted by Crippen LogP contribution is 2.39. The highest BCUT2D eigenvalue weighted by atomic mass is 32.2. The minimum absolute atomic E-state index is 0.0398. The van der Waals surface area contributed by atoms with Crippen LogP contribution in [0.1, 0.15) is 32.0 Å². The Morgan fingerprint density at radius 2 is 2.00 bits per heavy atom. The summed E-state index contributed by atoms with van der Waals surface area (Å²) in [4.78, 5) is 9.32. The molecule has 7 nitrogen and oxygen atoms in total. The molecule has 1 aromatic carbocycles. The first kappa shape index (κ1) is 20.3. The summed E-state index contributed by atoms with van der Waals surface area (Å²) in [6.45, 7) is 3.83. The maximum Gasteiger partial charge on any atom is 0.149 e. The zero-order chi connectivity index (χ0) is 20.5. The average molecular weight is 418 g/mol. The summed E-state index contributed by atoms with van der Waals surface area (Å²) in [5.41, 5.74) is 2.43. The van der Waals surface area contributed by atoms with Crippen molar-refractivity contribution < 1.29 is 17.9 Å². The van der Waals surface area contributed by atoms with Gasteiger partial charge in [-0.3, -0.25) is 4.98 Å². The van der Waals surface area contributed by atoms with Gasteiger partial charge >= 0.3 is 0 Å². The monoisotopic (exact) mass is 417 g/mol. The zero-order valence-corrected chi connectivity index (χ0v) is 17.7. The van der Waals surface area contributed by atoms with Crippen LogP contribution in [-0.4, -0.2) is 53.8 Å². The molecule has 1 aliphatic carbocycles. The van der Waals surface area contributed by atoms with Crippen molar-refractivity contribution in [2.24, 2.45) is 0 Å². The lowest BCUT2D eigenvalue weighted by molar-refractivity contribution is -0.105. The zero-order valence-electron chi connectivity index (χ0n) is 16.9. The summed E-state index contributed by atoms with van der Waals surface area (Å²) < 4.78 is 37.0. The molecule has 0 saturated heterocycles. The number of hydrogen-bond acceptors (Lipinski definition) is 6. The number of benzene rings is 1. The topological polar surface area (TPSA) is 83.3 Å². The van der Waals surface area contributed by atoms with Gasteiger partial charge in [-0.1, -0.05) is 18.2 Å². The fourth-order valence-corrected chi connectivity index (χ4v) is 4.29. The van der Waals surface area contributed by atoms with Crippen LogP contribution in [0, 0.1) is 0 Å². The van der Waals surface area contributed by atoms with Gasteiger partial charge in [0.1, 0.15) is 27.8 Å². The lowest BCUT2D eigenvalue weighted by atomic mass is 9.79. The third-order valence-electron chi connectivity index (χ3n) is 5.57. The molecule has 0 spiro atoms. The molecule has 4 rings (SSSR count). The SMILES string of the molecule is CCOCc1nc2cnc3ccccc3c2n1CC1(OCCS(C)(=O)=O)CCC1. The van der Waals surface area contributed by atoms with Gasteiger partial charge in [-0.05, 0) is 32.3 Å². The van der Waals surface area contributed by atoms with Gasteiger partial charge in [-0.2, -0.15) is 0 Å². The molecule has 0 aliphatic heterocycles. The molecule has 1 fully saturated rings. The molecule has 156 valence electrons. The third-order valence-corrected chi connectivity index (χ3v) is 6.48. The van der Waals surface area contributed by atoms with E-state index < -0.39 is 9.84 Å². The maximum atomic E-state index is 11.5. The molecule has 0 unspecified atom stereocenters. The number of ether oxygens (including phenoxy) is 2. The van der Waals surface area contributed by atoms with Crippen LogP contribution in [0.4, 0.5) is 0 Å². The molecular formula is C21H27N3O4S. The number of fused-ring (bicyclic) bond motifs is 3. The molecule has 0 amide bonds. The molecule has 0 atom stereocenters. The molecular weight excluding hydrogens is 390 g/mol. The summed E-state index contributed by atoms with van der Waals surface area (Å²) in [7, 11) is -3.05. The molecule has 2 heterocycles. The van der Waals surface area contributed by atoms with Crippen molar-refractivity contribution >= 4 is 31.8 Å². The van der Waals surface area contributed by atoms with E-state index >= 15 is 0 Å². The van der Waals surface area contributed by atoms with E-state index in [1.54, 1.807) is 0 Å². The summed E-state index contributed by atoms with van der Waals surface area (Å²) in [5, 5.41) is 1.05. The number of rotatable bonds is 9. The standard InChI is InChI=1S/C21H27N3O4S/c1-3-27-14-19-23-18-13-22-17-8-5-4-7-16(17)20(18)24(19)15-21(9-6-10-21)28-11-12-29(2,25)26/h4-5,7-8,13H,3,6,9-12,14-15H2,1-2H3. The van der Waals surface area contributed by atoms with E-state index in [-0.39, 0.29) is 18.0 Å². The predicted octanol–water partition coefficient (Wildman–Crippen LogP) is 3.10. The van der Waals surface area contributed by atoms with Crippen molar-refractivity contribution in [1.29, 1.82) is 0 Å². The average Bonchev–Trinajstić information content (AvgIpc) is 3.01. The quantitative estimate of drug-likeness (QED) is 0.532. The van der Waals surface area contributed by atoms with E-state index in [2.05, 4.69) is 15.6 Å². The Hall–Kier alpha value is -2.03. The Morgan fingerprint density at radius 3 is 2.69 bits per heavy atom. The number of pyridine rings is 1. The highest BCUT2D eigenvalue weighted by Gasteiger charge is 2.39. The minimum Gasteiger partial charge on any atom is -0.374 e. The van der Waals surface area contributed by atoms with Gasteiger partial charge in [0, 0.05) is 18.2 Å². The Kier molecular flexibility index (Phi) is 5.59. The van der Waals surface area contributed by atoms with Crippen molar-refractivity contribution in [3.63, 3.8) is 0 Å². The second-order valence-electron chi connectivity index (χ2n) is 7.78. The van der Waals surface area contributed by atoms with Crippen molar-refractivity contribution in [2.75, 3.05) is 25.2 Å². The van der Waals surface area contributed by atoms with Gasteiger partial charge in [0.15, 0.2) is 0 Å². The molecule has 1 aliphatic rings. The largest absolute Gasteiger partial charge is 0.374 e. The molecule has 8 heteroatoms. The normalized spacial score (nSPS) is 16.3. The Morgan fingerprint density at radius 1 is 1.21 bits per heavy atom. The number of imidazole rings is 1. The van der Waals surface area contributed by atoms with Gasteiger partial charge in [0.25, 0.3) is 0 Å². The third kappa shape index (κ3) is 4.29. The summed E-state index contributed by atoms with van der Waals surface area (Å²) in [6.07, 6.45) is 5.95. The van der Waals surface area contributed by atoms with E-state index in [4.69, 9.17) is 14.5 Å². The van der Waals surface area contributed by atoms with E-state index in [9.17, 15) is 8.42 Å². The van der Waals surface area contributed by atoms with Crippen LogP contribution in [0.5, 0.6) is 0 Å². The predicted molar refractivity (Wildman–Crippen MR) is 113 cm³/mol. The summed E-state index contributed by atoms with van der Waals surface area (Å²) in [5.74, 6) is 0.885. The van der Waals surface area contributed by atoms with E-state index in [1.165, 1.54) is 6.26 Å². The highest BCUT2D eigenvalue weighted by molar-refractivity contribution is 7.90. The first-order valence-electron chi connectivity index (χ1n) is 10.0. The van der Waals surface area contributed by atoms with Crippen LogP contribution in [0.3, 0.4) is 0 Å². The van der Waals surface area contributed by atoms with E-state index in [1.807, 2.05) is 31.3 Å². The molecule has 0 bridgehead atoms. The molecule has 0 N–H and O–H groups in total. The summed E-state index contributed by atoms with van der Waals surface area (Å²) in [6, 6.07) is 8.04. The van der Waals surface area contributed by atoms with Crippen LogP contribution in [-0.2, 0) is 32.5 Å². The second-order valence-corrected chi connectivity index (χ2v) is 10.0. The number of aromatic nitrogens is 3. The van der Waals surface area contributed by atoms with Crippen molar-refractivity contribution in [3.05, 3.63) is 36.3 Å². The number of para-hydroxylation sites is 1. The van der Waals surface area contributed by atoms with E-state index in [0.717, 1.165) is 47.0 Å².